The van der Waals surface area contributed by atoms with Gasteiger partial charge in [0.1, 0.15) is 0 Å². The molecule has 0 aromatic heterocycles. The highest BCUT2D eigenvalue weighted by molar-refractivity contribution is 6.04. The largest absolute Gasteiger partial charge is 0.349 e. The number of hydrogen-bond acceptors (Lipinski definition) is 4. The maximum absolute atomic E-state index is 12.4. The van der Waals surface area contributed by atoms with Crippen molar-refractivity contribution in [1.82, 2.24) is 4.90 Å². The predicted octanol–water partition coefficient (Wildman–Crippen LogP) is 3.16. The van der Waals surface area contributed by atoms with Crippen LogP contribution in [-0.2, 0) is 11.2 Å². The van der Waals surface area contributed by atoms with Crippen LogP contribution >= 0.6 is 0 Å². The van der Waals surface area contributed by atoms with Crippen LogP contribution in [0.3, 0.4) is 0 Å². The van der Waals surface area contributed by atoms with Crippen molar-refractivity contribution in [3.05, 3.63) is 59.7 Å². The number of nitrogens with one attached hydrogen (secondary N) is 1. The molecule has 2 aromatic carbocycles. The van der Waals surface area contributed by atoms with Crippen molar-refractivity contribution in [2.75, 3.05) is 31.0 Å². The number of nitrogens with zero attached hydrogens (tertiary/aromatic N) is 3. The van der Waals surface area contributed by atoms with Crippen LogP contribution in [0.2, 0.25) is 0 Å². The van der Waals surface area contributed by atoms with Gasteiger partial charge in [0.25, 0.3) is 5.91 Å². The Morgan fingerprint density at radius 2 is 1.74 bits per heavy atom. The van der Waals surface area contributed by atoms with Gasteiger partial charge in [-0.1, -0.05) is 12.1 Å². The molecule has 2 amide bonds. The third-order valence-corrected chi connectivity index (χ3v) is 4.47. The number of anilines is 2. The Balaban J connectivity index is 1.61. The molecule has 0 radical (unpaired) electrons. The summed E-state index contributed by atoms with van der Waals surface area (Å²) in [7, 11) is 3.47. The number of hydrazone groups is 1. The highest BCUT2D eigenvalue weighted by Crippen LogP contribution is 2.20. The van der Waals surface area contributed by atoms with Gasteiger partial charge in [0.2, 0.25) is 5.91 Å². The van der Waals surface area contributed by atoms with E-state index in [9.17, 15) is 9.59 Å². The van der Waals surface area contributed by atoms with Crippen molar-refractivity contribution in [1.29, 1.82) is 0 Å². The highest BCUT2D eigenvalue weighted by Gasteiger charge is 2.14. The lowest BCUT2D eigenvalue weighted by atomic mass is 10.1. The van der Waals surface area contributed by atoms with Gasteiger partial charge in [-0.05, 0) is 48.9 Å². The Morgan fingerprint density at radius 1 is 1.07 bits per heavy atom. The molecule has 0 unspecified atom stereocenters. The minimum Gasteiger partial charge on any atom is -0.349 e. The number of amides is 2. The summed E-state index contributed by atoms with van der Waals surface area (Å²) in [6, 6.07) is 14.8. The zero-order chi connectivity index (χ0) is 19.4. The average molecular weight is 364 g/mol. The van der Waals surface area contributed by atoms with Gasteiger partial charge in [-0.2, -0.15) is 5.10 Å². The molecule has 0 saturated heterocycles. The molecule has 0 aliphatic carbocycles. The number of hydrogen-bond donors (Lipinski definition) is 1. The summed E-state index contributed by atoms with van der Waals surface area (Å²) in [5.41, 5.74) is 4.30. The number of carbonyl (C=O) groups excluding carboxylic acids is 2. The molecule has 6 nitrogen and oxygen atoms in total. The van der Waals surface area contributed by atoms with E-state index >= 15 is 0 Å². The molecule has 0 spiro atoms. The van der Waals surface area contributed by atoms with Crippen molar-refractivity contribution in [2.45, 2.75) is 19.8 Å². The SMILES string of the molecule is CC1=NN(c2ccc(C(=O)Nc3ccc(CC(=O)N(C)C)cc3)cc2)CC1. The summed E-state index contributed by atoms with van der Waals surface area (Å²) in [5, 5.41) is 9.29. The first-order valence-corrected chi connectivity index (χ1v) is 8.94. The van der Waals surface area contributed by atoms with Crippen molar-refractivity contribution in [3.63, 3.8) is 0 Å². The minimum absolute atomic E-state index is 0.0457. The van der Waals surface area contributed by atoms with E-state index in [1.165, 1.54) is 0 Å². The van der Waals surface area contributed by atoms with Crippen LogP contribution in [0.1, 0.15) is 29.3 Å². The summed E-state index contributed by atoms with van der Waals surface area (Å²) in [6.07, 6.45) is 1.32. The second kappa shape index (κ2) is 8.03. The Morgan fingerprint density at radius 3 is 2.30 bits per heavy atom. The molecule has 1 N–H and O–H groups in total. The Labute approximate surface area is 159 Å². The van der Waals surface area contributed by atoms with E-state index in [1.54, 1.807) is 31.1 Å². The Bertz CT molecular complexity index is 855. The van der Waals surface area contributed by atoms with Crippen LogP contribution in [0.5, 0.6) is 0 Å². The normalized spacial score (nSPS) is 13.3. The van der Waals surface area contributed by atoms with E-state index in [0.29, 0.717) is 17.7 Å². The maximum atomic E-state index is 12.4. The van der Waals surface area contributed by atoms with Crippen LogP contribution in [-0.4, -0.2) is 43.1 Å². The molecule has 0 atom stereocenters. The van der Waals surface area contributed by atoms with Crippen molar-refractivity contribution in [2.24, 2.45) is 5.10 Å². The first-order chi connectivity index (χ1) is 12.9. The van der Waals surface area contributed by atoms with Crippen LogP contribution in [0.25, 0.3) is 0 Å². The highest BCUT2D eigenvalue weighted by atomic mass is 16.2. The van der Waals surface area contributed by atoms with E-state index in [-0.39, 0.29) is 11.8 Å². The first-order valence-electron chi connectivity index (χ1n) is 8.94. The number of likely N-dealkylation sites (N-methyl/N-ethyl adjacent to an activating group) is 1. The molecule has 1 aliphatic heterocycles. The van der Waals surface area contributed by atoms with Crippen molar-refractivity contribution >= 4 is 28.9 Å². The van der Waals surface area contributed by atoms with Gasteiger partial charge < -0.3 is 10.2 Å². The number of carbonyl (C=O) groups is 2. The molecular weight excluding hydrogens is 340 g/mol. The molecule has 140 valence electrons. The predicted molar refractivity (Wildman–Crippen MR) is 108 cm³/mol. The summed E-state index contributed by atoms with van der Waals surface area (Å²) in [6.45, 7) is 2.89. The Hall–Kier alpha value is -3.15. The number of benzene rings is 2. The van der Waals surface area contributed by atoms with Gasteiger partial charge in [0, 0.05) is 44.0 Å². The van der Waals surface area contributed by atoms with Gasteiger partial charge in [-0.3, -0.25) is 14.6 Å². The fourth-order valence-electron chi connectivity index (χ4n) is 2.79. The molecule has 1 aliphatic rings. The molecule has 2 aromatic rings. The third-order valence-electron chi connectivity index (χ3n) is 4.47. The van der Waals surface area contributed by atoms with Crippen molar-refractivity contribution < 1.29 is 9.59 Å². The third kappa shape index (κ3) is 4.73. The summed E-state index contributed by atoms with van der Waals surface area (Å²) in [4.78, 5) is 25.7. The van der Waals surface area contributed by atoms with E-state index < -0.39 is 0 Å². The van der Waals surface area contributed by atoms with E-state index in [2.05, 4.69) is 10.4 Å². The summed E-state index contributed by atoms with van der Waals surface area (Å²) < 4.78 is 0. The summed E-state index contributed by atoms with van der Waals surface area (Å²) >= 11 is 0. The second-order valence-electron chi connectivity index (χ2n) is 6.87. The smallest absolute Gasteiger partial charge is 0.255 e. The molecule has 0 bridgehead atoms. The van der Waals surface area contributed by atoms with Gasteiger partial charge in [-0.15, -0.1) is 0 Å². The van der Waals surface area contributed by atoms with Gasteiger partial charge in [-0.25, -0.2) is 0 Å². The molecule has 6 heteroatoms. The fraction of sp³-hybridized carbons (Fsp3) is 0.286. The topological polar surface area (TPSA) is 65.0 Å². The molecular formula is C21H24N4O2. The van der Waals surface area contributed by atoms with Crippen LogP contribution in [0.4, 0.5) is 11.4 Å². The van der Waals surface area contributed by atoms with Crippen LogP contribution in [0.15, 0.2) is 53.6 Å². The zero-order valence-electron chi connectivity index (χ0n) is 15.9. The quantitative estimate of drug-likeness (QED) is 0.886. The standard InChI is InChI=1S/C21H24N4O2/c1-15-12-13-25(23-15)19-10-6-17(7-11-19)21(27)22-18-8-4-16(5-9-18)14-20(26)24(2)3/h4-11H,12-14H2,1-3H3,(H,22,27). The van der Waals surface area contributed by atoms with Gasteiger partial charge in [0.05, 0.1) is 12.1 Å². The molecule has 27 heavy (non-hydrogen) atoms. The number of rotatable bonds is 5. The maximum Gasteiger partial charge on any atom is 0.255 e. The molecule has 0 fully saturated rings. The van der Waals surface area contributed by atoms with E-state index in [1.807, 2.05) is 48.3 Å². The Kier molecular flexibility index (Phi) is 5.54. The molecule has 1 heterocycles. The van der Waals surface area contributed by atoms with Gasteiger partial charge >= 0.3 is 0 Å². The minimum atomic E-state index is -0.167. The van der Waals surface area contributed by atoms with E-state index in [4.69, 9.17) is 0 Å². The molecule has 3 rings (SSSR count). The summed E-state index contributed by atoms with van der Waals surface area (Å²) in [5.74, 6) is -0.121. The van der Waals surface area contributed by atoms with Crippen LogP contribution in [0, 0.1) is 0 Å². The monoisotopic (exact) mass is 364 g/mol. The van der Waals surface area contributed by atoms with Gasteiger partial charge in [0.15, 0.2) is 0 Å². The van der Waals surface area contributed by atoms with E-state index in [0.717, 1.165) is 29.9 Å². The molecule has 0 saturated carbocycles. The second-order valence-corrected chi connectivity index (χ2v) is 6.87. The fourth-order valence-corrected chi connectivity index (χ4v) is 2.79. The lowest BCUT2D eigenvalue weighted by Gasteiger charge is -2.14. The van der Waals surface area contributed by atoms with Crippen molar-refractivity contribution in [3.8, 4) is 0 Å². The lowest BCUT2D eigenvalue weighted by Crippen LogP contribution is -2.23. The van der Waals surface area contributed by atoms with Crippen LogP contribution < -0.4 is 10.3 Å². The first kappa shape index (κ1) is 18.6. The lowest BCUT2D eigenvalue weighted by molar-refractivity contribution is -0.127. The average Bonchev–Trinajstić information content (AvgIpc) is 3.09. The zero-order valence-corrected chi connectivity index (χ0v) is 15.9.